The highest BCUT2D eigenvalue weighted by Crippen LogP contribution is 2.31. The number of likely N-dealkylation sites (N-methyl/N-ethyl adjacent to an activating group) is 1. The summed E-state index contributed by atoms with van der Waals surface area (Å²) in [5.74, 6) is -0.287. The lowest BCUT2D eigenvalue weighted by Crippen LogP contribution is -2.31. The monoisotopic (exact) mass is 345 g/mol. The van der Waals surface area contributed by atoms with Crippen LogP contribution in [0.1, 0.15) is 12.0 Å². The molecule has 19 heavy (non-hydrogen) atoms. The molecule has 1 aromatic rings. The zero-order chi connectivity index (χ0) is 14.2. The van der Waals surface area contributed by atoms with E-state index >= 15 is 0 Å². The highest BCUT2D eigenvalue weighted by Gasteiger charge is 2.27. The number of anilines is 1. The fourth-order valence-corrected chi connectivity index (χ4v) is 3.21. The summed E-state index contributed by atoms with van der Waals surface area (Å²) in [5, 5.41) is 0. The first-order chi connectivity index (χ1) is 8.91. The number of hydrogen-bond acceptors (Lipinski definition) is 3. The topological polar surface area (TPSA) is 32.5 Å². The van der Waals surface area contributed by atoms with E-state index in [-0.39, 0.29) is 10.8 Å². The maximum absolute atomic E-state index is 14.4. The van der Waals surface area contributed by atoms with Gasteiger partial charge in [0.2, 0.25) is 0 Å². The highest BCUT2D eigenvalue weighted by atomic mass is 79.9. The van der Waals surface area contributed by atoms with Gasteiger partial charge in [-0.2, -0.15) is 0 Å². The van der Waals surface area contributed by atoms with Crippen LogP contribution in [-0.4, -0.2) is 43.1 Å². The molecule has 1 saturated heterocycles. The predicted molar refractivity (Wildman–Crippen MR) is 84.3 cm³/mol. The largest absolute Gasteiger partial charge is 0.389 e. The minimum atomic E-state index is -0.287. The zero-order valence-corrected chi connectivity index (χ0v) is 13.4. The first-order valence-electron chi connectivity index (χ1n) is 6.11. The predicted octanol–water partition coefficient (Wildman–Crippen LogP) is 2.36. The molecule has 1 aromatic carbocycles. The van der Waals surface area contributed by atoms with E-state index in [4.69, 9.17) is 18.0 Å². The van der Waals surface area contributed by atoms with Gasteiger partial charge in [0.1, 0.15) is 4.99 Å². The Labute approximate surface area is 126 Å². The molecule has 2 rings (SSSR count). The summed E-state index contributed by atoms with van der Waals surface area (Å²) in [6, 6.07) is 3.99. The molecule has 2 N–H and O–H groups in total. The van der Waals surface area contributed by atoms with Gasteiger partial charge in [-0.15, -0.1) is 0 Å². The first kappa shape index (κ1) is 14.7. The van der Waals surface area contributed by atoms with E-state index in [1.165, 1.54) is 0 Å². The number of rotatable bonds is 3. The van der Waals surface area contributed by atoms with Gasteiger partial charge in [-0.25, -0.2) is 4.39 Å². The van der Waals surface area contributed by atoms with Crippen LogP contribution in [0.15, 0.2) is 16.6 Å². The number of halogens is 2. The molecule has 0 radical (unpaired) electrons. The summed E-state index contributed by atoms with van der Waals surface area (Å²) in [6.45, 7) is 1.70. The molecule has 1 aliphatic rings. The van der Waals surface area contributed by atoms with Gasteiger partial charge in [0.05, 0.1) is 10.2 Å². The molecule has 0 spiro atoms. The summed E-state index contributed by atoms with van der Waals surface area (Å²) in [5.41, 5.74) is 6.71. The lowest BCUT2D eigenvalue weighted by atomic mass is 10.2. The van der Waals surface area contributed by atoms with Crippen LogP contribution in [0.2, 0.25) is 0 Å². The molecule has 0 amide bonds. The van der Waals surface area contributed by atoms with Crippen molar-refractivity contribution in [3.05, 3.63) is 28.0 Å². The summed E-state index contributed by atoms with van der Waals surface area (Å²) in [4.78, 5) is 4.44. The van der Waals surface area contributed by atoms with E-state index < -0.39 is 0 Å². The van der Waals surface area contributed by atoms with E-state index in [2.05, 4.69) is 39.8 Å². The molecule has 0 aliphatic carbocycles. The second-order valence-corrected chi connectivity index (χ2v) is 6.21. The maximum atomic E-state index is 14.4. The molecule has 0 aromatic heterocycles. The van der Waals surface area contributed by atoms with Gasteiger partial charge >= 0.3 is 0 Å². The van der Waals surface area contributed by atoms with Crippen LogP contribution < -0.4 is 10.6 Å². The average molecular weight is 346 g/mol. The summed E-state index contributed by atoms with van der Waals surface area (Å²) in [6.07, 6.45) is 1.04. The van der Waals surface area contributed by atoms with Crippen molar-refractivity contribution < 1.29 is 4.39 Å². The van der Waals surface area contributed by atoms with E-state index in [0.29, 0.717) is 21.8 Å². The van der Waals surface area contributed by atoms with E-state index in [1.807, 2.05) is 0 Å². The molecule has 0 bridgehead atoms. The quantitative estimate of drug-likeness (QED) is 0.852. The molecule has 104 valence electrons. The Hall–Kier alpha value is -0.720. The summed E-state index contributed by atoms with van der Waals surface area (Å²) in [7, 11) is 4.10. The number of benzene rings is 1. The fourth-order valence-electron chi connectivity index (χ4n) is 2.36. The molecule has 1 fully saturated rings. The van der Waals surface area contributed by atoms with Gasteiger partial charge in [0, 0.05) is 24.7 Å². The molecule has 1 heterocycles. The van der Waals surface area contributed by atoms with Crippen molar-refractivity contribution in [3.8, 4) is 0 Å². The molecule has 1 unspecified atom stereocenters. The van der Waals surface area contributed by atoms with Crippen LogP contribution in [-0.2, 0) is 0 Å². The van der Waals surface area contributed by atoms with Gasteiger partial charge < -0.3 is 15.5 Å². The van der Waals surface area contributed by atoms with Crippen molar-refractivity contribution in [2.45, 2.75) is 12.5 Å². The van der Waals surface area contributed by atoms with Crippen molar-refractivity contribution in [1.29, 1.82) is 0 Å². The van der Waals surface area contributed by atoms with Crippen LogP contribution in [0.5, 0.6) is 0 Å². The third-order valence-electron chi connectivity index (χ3n) is 3.56. The van der Waals surface area contributed by atoms with E-state index in [9.17, 15) is 4.39 Å². The summed E-state index contributed by atoms with van der Waals surface area (Å²) < 4.78 is 14.7. The van der Waals surface area contributed by atoms with E-state index in [0.717, 1.165) is 19.5 Å². The second-order valence-electron chi connectivity index (χ2n) is 4.98. The van der Waals surface area contributed by atoms with Crippen molar-refractivity contribution >= 4 is 38.8 Å². The third-order valence-corrected chi connectivity index (χ3v) is 4.56. The van der Waals surface area contributed by atoms with Crippen molar-refractivity contribution in [2.24, 2.45) is 5.73 Å². The molecule has 1 aliphatic heterocycles. The van der Waals surface area contributed by atoms with E-state index in [1.54, 1.807) is 12.1 Å². The molecular formula is C13H17BrFN3S. The van der Waals surface area contributed by atoms with Crippen molar-refractivity contribution in [1.82, 2.24) is 4.90 Å². The second kappa shape index (κ2) is 5.73. The Morgan fingerprint density at radius 1 is 1.53 bits per heavy atom. The number of hydrogen-bond donors (Lipinski definition) is 1. The molecule has 3 nitrogen and oxygen atoms in total. The van der Waals surface area contributed by atoms with Crippen LogP contribution in [0.3, 0.4) is 0 Å². The normalized spacial score (nSPS) is 19.2. The number of nitrogens with two attached hydrogens (primary N) is 1. The molecule has 0 saturated carbocycles. The van der Waals surface area contributed by atoms with Gasteiger partial charge in [0.15, 0.2) is 5.82 Å². The van der Waals surface area contributed by atoms with Gasteiger partial charge in [-0.1, -0.05) is 12.2 Å². The Balaban J connectivity index is 2.28. The Morgan fingerprint density at radius 3 is 2.74 bits per heavy atom. The third kappa shape index (κ3) is 2.90. The highest BCUT2D eigenvalue weighted by molar-refractivity contribution is 9.10. The average Bonchev–Trinajstić information content (AvgIpc) is 2.81. The lowest BCUT2D eigenvalue weighted by molar-refractivity contribution is 0.315. The van der Waals surface area contributed by atoms with Crippen molar-refractivity contribution in [3.63, 3.8) is 0 Å². The maximum Gasteiger partial charge on any atom is 0.161 e. The van der Waals surface area contributed by atoms with Gasteiger partial charge in [0.25, 0.3) is 0 Å². The Morgan fingerprint density at radius 2 is 2.21 bits per heavy atom. The fraction of sp³-hybridized carbons (Fsp3) is 0.462. The van der Waals surface area contributed by atoms with Crippen LogP contribution in [0.25, 0.3) is 0 Å². The standard InChI is InChI=1S/C13H17BrFN3S/c1-17(2)8-5-6-18(7-8)10-4-3-9(13(16)19)11(14)12(10)15/h3-4,8H,5-7H2,1-2H3,(H2,16,19). The minimum Gasteiger partial charge on any atom is -0.389 e. The Bertz CT molecular complexity index is 507. The van der Waals surface area contributed by atoms with Crippen LogP contribution in [0, 0.1) is 5.82 Å². The summed E-state index contributed by atoms with van der Waals surface area (Å²) >= 11 is 8.14. The molecular weight excluding hydrogens is 329 g/mol. The number of nitrogens with zero attached hydrogens (tertiary/aromatic N) is 2. The Kier molecular flexibility index (Phi) is 4.43. The zero-order valence-electron chi connectivity index (χ0n) is 11.0. The SMILES string of the molecule is CN(C)C1CCN(c2ccc(C(N)=S)c(Br)c2F)C1. The minimum absolute atomic E-state index is 0.199. The van der Waals surface area contributed by atoms with Gasteiger partial charge in [-0.05, 0) is 48.6 Å². The van der Waals surface area contributed by atoms with Crippen LogP contribution in [0.4, 0.5) is 10.1 Å². The first-order valence-corrected chi connectivity index (χ1v) is 7.31. The molecule has 6 heteroatoms. The lowest BCUT2D eigenvalue weighted by Gasteiger charge is -2.23. The van der Waals surface area contributed by atoms with Gasteiger partial charge in [-0.3, -0.25) is 0 Å². The smallest absolute Gasteiger partial charge is 0.161 e. The number of thiocarbonyl (C=S) groups is 1. The molecule has 1 atom stereocenters. The van der Waals surface area contributed by atoms with Crippen molar-refractivity contribution in [2.75, 3.05) is 32.1 Å². The van der Waals surface area contributed by atoms with Crippen LogP contribution >= 0.6 is 28.1 Å².